The van der Waals surface area contributed by atoms with E-state index in [0.29, 0.717) is 11.0 Å². The first-order chi connectivity index (χ1) is 10.3. The molecule has 1 heterocycles. The molecular weight excluding hydrogens is 324 g/mol. The van der Waals surface area contributed by atoms with Gasteiger partial charge >= 0.3 is 6.18 Å². The average Bonchev–Trinajstić information content (AvgIpc) is 2.42. The number of hydrogen-bond donors (Lipinski definition) is 1. The highest BCUT2D eigenvalue weighted by atomic mass is 32.2. The Kier molecular flexibility index (Phi) is 3.24. The summed E-state index contributed by atoms with van der Waals surface area (Å²) in [4.78, 5) is 10.7. The van der Waals surface area contributed by atoms with E-state index in [9.17, 15) is 27.7 Å². The minimum absolute atomic E-state index is 0.0684. The number of nitro groups is 1. The zero-order chi connectivity index (χ0) is 16.1. The monoisotopic (exact) mass is 330 g/mol. The van der Waals surface area contributed by atoms with Gasteiger partial charge in [-0.05, 0) is 24.3 Å². The van der Waals surface area contributed by atoms with Crippen LogP contribution in [0.5, 0.6) is 0 Å². The van der Waals surface area contributed by atoms with Crippen molar-refractivity contribution in [3.05, 3.63) is 51.8 Å². The predicted octanol–water partition coefficient (Wildman–Crippen LogP) is 4.96. The zero-order valence-electron chi connectivity index (χ0n) is 10.6. The molecule has 0 radical (unpaired) electrons. The summed E-state index contributed by atoms with van der Waals surface area (Å²) in [5.41, 5.74) is -1.59. The molecule has 2 aromatic rings. The molecule has 0 aliphatic carbocycles. The predicted molar refractivity (Wildman–Crippen MR) is 71.9 cm³/mol. The molecule has 0 unspecified atom stereocenters. The fourth-order valence-corrected chi connectivity index (χ4v) is 3.09. The molecular formula is C13H6F4N2O2S. The third-order valence-corrected chi connectivity index (χ3v) is 4.14. The van der Waals surface area contributed by atoms with Crippen molar-refractivity contribution in [1.82, 2.24) is 0 Å². The molecule has 9 heteroatoms. The van der Waals surface area contributed by atoms with Gasteiger partial charge in [0, 0.05) is 15.9 Å². The molecule has 0 aromatic heterocycles. The maximum atomic E-state index is 13.2. The number of nitrogens with zero attached hydrogens (tertiary/aromatic N) is 1. The van der Waals surface area contributed by atoms with Gasteiger partial charge in [-0.2, -0.15) is 13.2 Å². The molecule has 3 rings (SSSR count). The first kappa shape index (κ1) is 14.6. The number of alkyl halides is 3. The Balaban J connectivity index is 2.18. The number of benzene rings is 2. The van der Waals surface area contributed by atoms with Gasteiger partial charge in [-0.3, -0.25) is 10.1 Å². The number of fused-ring (bicyclic) bond motifs is 2. The molecule has 1 N–H and O–H groups in total. The molecule has 1 aliphatic rings. The molecule has 0 saturated heterocycles. The van der Waals surface area contributed by atoms with Gasteiger partial charge < -0.3 is 5.32 Å². The lowest BCUT2D eigenvalue weighted by Gasteiger charge is -2.21. The van der Waals surface area contributed by atoms with E-state index in [1.165, 1.54) is 12.1 Å². The minimum atomic E-state index is -4.69. The van der Waals surface area contributed by atoms with Gasteiger partial charge in [-0.1, -0.05) is 11.8 Å². The number of nitrogens with one attached hydrogen (secondary N) is 1. The Hall–Kier alpha value is -2.29. The SMILES string of the molecule is O=[N+]([O-])c1cc(C(F)(F)F)cc2c1Nc1cc(F)ccc1S2. The second kappa shape index (κ2) is 4.87. The van der Waals surface area contributed by atoms with Crippen LogP contribution in [0.2, 0.25) is 0 Å². The Morgan fingerprint density at radius 2 is 1.86 bits per heavy atom. The van der Waals surface area contributed by atoms with E-state index < -0.39 is 28.2 Å². The molecule has 4 nitrogen and oxygen atoms in total. The zero-order valence-corrected chi connectivity index (χ0v) is 11.4. The lowest BCUT2D eigenvalue weighted by molar-refractivity contribution is -0.384. The van der Waals surface area contributed by atoms with Crippen LogP contribution in [0.1, 0.15) is 5.56 Å². The Bertz CT molecular complexity index is 792. The standard InChI is InChI=1S/C13H6F4N2O2S/c14-7-1-2-10-8(5-7)18-12-9(19(20)21)3-6(13(15,16)17)4-11(12)22-10/h1-5,18H. The van der Waals surface area contributed by atoms with E-state index in [2.05, 4.69) is 5.32 Å². The van der Waals surface area contributed by atoms with E-state index in [1.807, 2.05) is 0 Å². The summed E-state index contributed by atoms with van der Waals surface area (Å²) in [6.45, 7) is 0. The number of hydrogen-bond acceptors (Lipinski definition) is 4. The van der Waals surface area contributed by atoms with E-state index in [4.69, 9.17) is 0 Å². The summed E-state index contributed by atoms with van der Waals surface area (Å²) in [6.07, 6.45) is -4.69. The van der Waals surface area contributed by atoms with Crippen LogP contribution in [0.15, 0.2) is 40.1 Å². The Morgan fingerprint density at radius 1 is 1.14 bits per heavy atom. The van der Waals surface area contributed by atoms with Crippen LogP contribution in [0.25, 0.3) is 0 Å². The van der Waals surface area contributed by atoms with Crippen molar-refractivity contribution >= 4 is 28.8 Å². The smallest absolute Gasteiger partial charge is 0.348 e. The van der Waals surface area contributed by atoms with Crippen LogP contribution in [0, 0.1) is 15.9 Å². The average molecular weight is 330 g/mol. The molecule has 22 heavy (non-hydrogen) atoms. The van der Waals surface area contributed by atoms with Crippen molar-refractivity contribution < 1.29 is 22.5 Å². The molecule has 2 aromatic carbocycles. The van der Waals surface area contributed by atoms with Crippen LogP contribution in [-0.4, -0.2) is 4.92 Å². The maximum absolute atomic E-state index is 13.2. The maximum Gasteiger partial charge on any atom is 0.416 e. The number of halogens is 4. The molecule has 0 fully saturated rings. The van der Waals surface area contributed by atoms with Crippen LogP contribution < -0.4 is 5.32 Å². The summed E-state index contributed by atoms with van der Waals surface area (Å²) >= 11 is 0.919. The molecule has 1 aliphatic heterocycles. The number of anilines is 2. The second-order valence-corrected chi connectivity index (χ2v) is 5.57. The highest BCUT2D eigenvalue weighted by molar-refractivity contribution is 7.99. The molecule has 0 amide bonds. The van der Waals surface area contributed by atoms with Crippen LogP contribution in [-0.2, 0) is 6.18 Å². The van der Waals surface area contributed by atoms with Gasteiger partial charge in [0.1, 0.15) is 11.5 Å². The van der Waals surface area contributed by atoms with Crippen molar-refractivity contribution in [2.45, 2.75) is 16.0 Å². The van der Waals surface area contributed by atoms with Gasteiger partial charge in [0.05, 0.1) is 16.2 Å². The largest absolute Gasteiger partial charge is 0.416 e. The fourth-order valence-electron chi connectivity index (χ4n) is 2.06. The van der Waals surface area contributed by atoms with Crippen molar-refractivity contribution in [1.29, 1.82) is 0 Å². The lowest BCUT2D eigenvalue weighted by atomic mass is 10.1. The van der Waals surface area contributed by atoms with E-state index >= 15 is 0 Å². The van der Waals surface area contributed by atoms with Gasteiger partial charge in [0.2, 0.25) is 0 Å². The third kappa shape index (κ3) is 2.47. The van der Waals surface area contributed by atoms with Gasteiger partial charge in [0.15, 0.2) is 0 Å². The molecule has 0 atom stereocenters. The third-order valence-electron chi connectivity index (χ3n) is 3.03. The first-order valence-corrected chi connectivity index (χ1v) is 6.71. The molecule has 0 bridgehead atoms. The summed E-state index contributed by atoms with van der Waals surface area (Å²) in [7, 11) is 0. The van der Waals surface area contributed by atoms with Crippen LogP contribution in [0.3, 0.4) is 0 Å². The molecule has 0 spiro atoms. The van der Waals surface area contributed by atoms with Crippen molar-refractivity contribution in [2.75, 3.05) is 5.32 Å². The van der Waals surface area contributed by atoms with Gasteiger partial charge in [0.25, 0.3) is 5.69 Å². The van der Waals surface area contributed by atoms with Crippen molar-refractivity contribution in [3.8, 4) is 0 Å². The normalized spacial score (nSPS) is 13.1. The molecule has 0 saturated carbocycles. The van der Waals surface area contributed by atoms with E-state index in [1.54, 1.807) is 0 Å². The highest BCUT2D eigenvalue weighted by Gasteiger charge is 2.36. The van der Waals surface area contributed by atoms with Crippen molar-refractivity contribution in [3.63, 3.8) is 0 Å². The highest BCUT2D eigenvalue weighted by Crippen LogP contribution is 2.50. The van der Waals surface area contributed by atoms with Crippen LogP contribution >= 0.6 is 11.8 Å². The number of rotatable bonds is 1. The molecule has 114 valence electrons. The summed E-state index contributed by atoms with van der Waals surface area (Å²) in [5, 5.41) is 13.7. The number of nitro benzene ring substituents is 1. The van der Waals surface area contributed by atoms with Gasteiger partial charge in [-0.15, -0.1) is 0 Å². The summed E-state index contributed by atoms with van der Waals surface area (Å²) in [5.74, 6) is -0.551. The topological polar surface area (TPSA) is 55.2 Å². The minimum Gasteiger partial charge on any atom is -0.348 e. The Morgan fingerprint density at radius 3 is 2.50 bits per heavy atom. The van der Waals surface area contributed by atoms with Crippen molar-refractivity contribution in [2.24, 2.45) is 0 Å². The lowest BCUT2D eigenvalue weighted by Crippen LogP contribution is -2.10. The van der Waals surface area contributed by atoms with Gasteiger partial charge in [-0.25, -0.2) is 4.39 Å². The summed E-state index contributed by atoms with van der Waals surface area (Å²) < 4.78 is 51.8. The van der Waals surface area contributed by atoms with Crippen LogP contribution in [0.4, 0.5) is 34.6 Å². The van der Waals surface area contributed by atoms with E-state index in [0.717, 1.165) is 23.9 Å². The van der Waals surface area contributed by atoms with E-state index in [-0.39, 0.29) is 16.3 Å². The first-order valence-electron chi connectivity index (χ1n) is 5.90. The quantitative estimate of drug-likeness (QED) is 0.389. The summed E-state index contributed by atoms with van der Waals surface area (Å²) in [6, 6.07) is 5.01. The Labute approximate surface area is 125 Å². The second-order valence-electron chi connectivity index (χ2n) is 4.49. The fraction of sp³-hybridized carbons (Fsp3) is 0.0769.